The Morgan fingerprint density at radius 1 is 0.743 bits per heavy atom. The third-order valence-electron chi connectivity index (χ3n) is 5.88. The SMILES string of the molecule is CC(C)(C)[SiH]1O[SiH2]O[SiH2]O[SiH2]O[SiH2]O[SiH2]O[SiH2]O1.ClC1=C(Cl)C2(Cl)C3C(Cl)C=CC3C1(Cl)C2(Cl)Cl. The summed E-state index contributed by atoms with van der Waals surface area (Å²) in [7, 11) is -7.18. The average molecular weight is 752 g/mol. The van der Waals surface area contributed by atoms with Crippen LogP contribution >= 0.6 is 81.2 Å². The van der Waals surface area contributed by atoms with Gasteiger partial charge in [-0.05, 0) is 0 Å². The van der Waals surface area contributed by atoms with Gasteiger partial charge in [-0.3, -0.25) is 0 Å². The zero-order valence-corrected chi connectivity index (χ0v) is 34.1. The third kappa shape index (κ3) is 6.33. The Labute approximate surface area is 256 Å². The molecule has 5 unspecified atom stereocenters. The molecule has 0 spiro atoms. The van der Waals surface area contributed by atoms with Crippen molar-refractivity contribution in [3.05, 3.63) is 22.2 Å². The topological polar surface area (TPSA) is 64.6 Å². The van der Waals surface area contributed by atoms with Gasteiger partial charge in [-0.2, -0.15) is 0 Å². The molecule has 5 atom stereocenters. The fraction of sp³-hybridized carbons (Fsp3) is 0.714. The molecule has 21 heteroatoms. The van der Waals surface area contributed by atoms with Crippen molar-refractivity contribution in [3.63, 3.8) is 0 Å². The lowest BCUT2D eigenvalue weighted by molar-refractivity contribution is 0.319. The molecule has 2 fully saturated rings. The van der Waals surface area contributed by atoms with Crippen molar-refractivity contribution in [2.75, 3.05) is 0 Å². The smallest absolute Gasteiger partial charge is 0.308 e. The number of alkyl halides is 5. The molecule has 1 aliphatic heterocycles. The van der Waals surface area contributed by atoms with Crippen molar-refractivity contribution in [2.24, 2.45) is 11.8 Å². The number of rotatable bonds is 0. The minimum absolute atomic E-state index is 0.0707. The van der Waals surface area contributed by atoms with Crippen molar-refractivity contribution in [1.29, 1.82) is 0 Å². The summed E-state index contributed by atoms with van der Waals surface area (Å²) >= 11 is 44.5. The second-order valence-corrected chi connectivity index (χ2v) is 27.7. The van der Waals surface area contributed by atoms with E-state index in [1.165, 1.54) is 0 Å². The second-order valence-electron chi connectivity index (χ2n) is 9.27. The van der Waals surface area contributed by atoms with Gasteiger partial charge in [-0.1, -0.05) is 79.3 Å². The highest BCUT2D eigenvalue weighted by Crippen LogP contribution is 2.78. The summed E-state index contributed by atoms with van der Waals surface area (Å²) < 4.78 is 37.4. The molecule has 1 heterocycles. The van der Waals surface area contributed by atoms with E-state index in [-0.39, 0.29) is 32.3 Å². The Balaban J connectivity index is 0.000000196. The van der Waals surface area contributed by atoms with E-state index in [2.05, 4.69) is 20.8 Å². The molecule has 4 rings (SSSR count). The lowest BCUT2D eigenvalue weighted by Gasteiger charge is -2.34. The van der Waals surface area contributed by atoms with Crippen LogP contribution < -0.4 is 0 Å². The first-order valence-corrected chi connectivity index (χ1v) is 21.7. The standard InChI is InChI=1S/C10H5Cl7.C4H22O7Si7/c11-4-2-1-3-5(4)9(15)7(13)6(12)8(3,14)10(9,16)17;1-4(2,3)18-10-16-8-14-6-12-5-13-7-15-9-17-11-18/h1-5H;18H,12-17H2,1-3H3. The van der Waals surface area contributed by atoms with E-state index in [1.54, 1.807) is 0 Å². The van der Waals surface area contributed by atoms with Crippen LogP contribution in [0.4, 0.5) is 0 Å². The van der Waals surface area contributed by atoms with Crippen LogP contribution in [-0.2, 0) is 28.8 Å². The van der Waals surface area contributed by atoms with Gasteiger partial charge >= 0.3 is 9.28 Å². The monoisotopic (exact) mass is 748 g/mol. The normalized spacial score (nSPS) is 44.3. The first-order valence-electron chi connectivity index (χ1n) is 10.6. The second kappa shape index (κ2) is 13.2. The molecule has 0 radical (unpaired) electrons. The molecular formula is C14H27Cl7O7Si7. The predicted molar refractivity (Wildman–Crippen MR) is 162 cm³/mol. The Hall–Kier alpha value is 2.75. The Bertz CT molecular complexity index is 811. The van der Waals surface area contributed by atoms with E-state index >= 15 is 0 Å². The molecule has 0 aromatic heterocycles. The van der Waals surface area contributed by atoms with E-state index in [1.807, 2.05) is 12.2 Å². The molecule has 0 amide bonds. The largest absolute Gasteiger partial charge is 0.425 e. The summed E-state index contributed by atoms with van der Waals surface area (Å²) in [6, 6.07) is 0. The van der Waals surface area contributed by atoms with Gasteiger partial charge in [0, 0.05) is 16.9 Å². The van der Waals surface area contributed by atoms with Gasteiger partial charge in [-0.15, -0.1) is 34.8 Å². The van der Waals surface area contributed by atoms with Crippen molar-refractivity contribution >= 4 is 151 Å². The average Bonchev–Trinajstić information content (AvgIpc) is 3.27. The Morgan fingerprint density at radius 3 is 1.63 bits per heavy atom. The minimum Gasteiger partial charge on any atom is -0.425 e. The Kier molecular flexibility index (Phi) is 12.1. The van der Waals surface area contributed by atoms with E-state index < -0.39 is 83.4 Å². The van der Waals surface area contributed by atoms with E-state index in [0.29, 0.717) is 0 Å². The molecule has 7 nitrogen and oxygen atoms in total. The maximum Gasteiger partial charge on any atom is 0.308 e. The van der Waals surface area contributed by atoms with Crippen LogP contribution in [0, 0.1) is 11.8 Å². The fourth-order valence-electron chi connectivity index (χ4n) is 4.26. The maximum atomic E-state index is 6.57. The number of hydrogen-bond donors (Lipinski definition) is 0. The van der Waals surface area contributed by atoms with E-state index in [4.69, 9.17) is 110 Å². The van der Waals surface area contributed by atoms with Crippen molar-refractivity contribution < 1.29 is 28.8 Å². The molecule has 2 bridgehead atoms. The van der Waals surface area contributed by atoms with Gasteiger partial charge in [0.25, 0.3) is 60.0 Å². The molecule has 3 aliphatic carbocycles. The summed E-state index contributed by atoms with van der Waals surface area (Å²) in [5.41, 5.74) is 0. The van der Waals surface area contributed by atoms with Crippen molar-refractivity contribution in [3.8, 4) is 0 Å². The van der Waals surface area contributed by atoms with Crippen molar-refractivity contribution in [2.45, 2.75) is 45.3 Å². The van der Waals surface area contributed by atoms with Crippen LogP contribution in [0.5, 0.6) is 0 Å². The summed E-state index contributed by atoms with van der Waals surface area (Å²) in [4.78, 5) is -2.45. The highest BCUT2D eigenvalue weighted by Gasteiger charge is 2.83. The van der Waals surface area contributed by atoms with Gasteiger partial charge in [0.1, 0.15) is 9.75 Å². The van der Waals surface area contributed by atoms with Gasteiger partial charge in [-0.25, -0.2) is 0 Å². The number of allylic oxidation sites excluding steroid dienone is 4. The summed E-state index contributed by atoms with van der Waals surface area (Å²) in [5, 5.41) is 0.184. The fourth-order valence-corrected chi connectivity index (χ4v) is 24.0. The quantitative estimate of drug-likeness (QED) is 0.202. The van der Waals surface area contributed by atoms with Gasteiger partial charge in [0.2, 0.25) is 0 Å². The molecule has 0 aromatic rings. The van der Waals surface area contributed by atoms with Gasteiger partial charge in [0.05, 0.1) is 15.4 Å². The molecule has 1 saturated heterocycles. The summed E-state index contributed by atoms with van der Waals surface area (Å²) in [5.74, 6) is -0.470. The molecule has 4 aliphatic rings. The summed E-state index contributed by atoms with van der Waals surface area (Å²) in [6.07, 6.45) is 3.69. The molecular weight excluding hydrogens is 725 g/mol. The molecule has 35 heavy (non-hydrogen) atoms. The molecule has 0 N–H and O–H groups in total. The minimum atomic E-state index is -1.70. The van der Waals surface area contributed by atoms with Crippen molar-refractivity contribution in [1.82, 2.24) is 0 Å². The van der Waals surface area contributed by atoms with Crippen LogP contribution in [0.3, 0.4) is 0 Å². The number of fused-ring (bicyclic) bond motifs is 5. The van der Waals surface area contributed by atoms with Gasteiger partial charge < -0.3 is 28.8 Å². The van der Waals surface area contributed by atoms with Crippen LogP contribution in [0.2, 0.25) is 5.04 Å². The third-order valence-corrected chi connectivity index (χ3v) is 22.2. The van der Waals surface area contributed by atoms with Crippen LogP contribution in [0.1, 0.15) is 20.8 Å². The molecule has 0 aromatic carbocycles. The van der Waals surface area contributed by atoms with Gasteiger partial charge in [0.15, 0.2) is 4.33 Å². The highest BCUT2D eigenvalue weighted by atomic mass is 35.5. The molecule has 1 saturated carbocycles. The lowest BCUT2D eigenvalue weighted by atomic mass is 9.84. The van der Waals surface area contributed by atoms with Crippen LogP contribution in [0.25, 0.3) is 0 Å². The van der Waals surface area contributed by atoms with E-state index in [9.17, 15) is 0 Å². The number of hydrogen-bond acceptors (Lipinski definition) is 7. The van der Waals surface area contributed by atoms with E-state index in [0.717, 1.165) is 0 Å². The highest BCUT2D eigenvalue weighted by molar-refractivity contribution is 6.66. The first kappa shape index (κ1) is 32.3. The number of halogens is 7. The zero-order chi connectivity index (χ0) is 26.1. The lowest BCUT2D eigenvalue weighted by Crippen LogP contribution is -2.45. The predicted octanol–water partition coefficient (Wildman–Crippen LogP) is 0.371. The summed E-state index contributed by atoms with van der Waals surface area (Å²) in [6.45, 7) is 6.43. The van der Waals surface area contributed by atoms with Crippen LogP contribution in [0.15, 0.2) is 22.2 Å². The first-order chi connectivity index (χ1) is 16.3. The van der Waals surface area contributed by atoms with Crippen LogP contribution in [-0.4, -0.2) is 88.8 Å². The Morgan fingerprint density at radius 2 is 1.17 bits per heavy atom. The zero-order valence-electron chi connectivity index (χ0n) is 19.2. The molecule has 202 valence electrons. The maximum absolute atomic E-state index is 6.57.